The fourth-order valence-corrected chi connectivity index (χ4v) is 2.08. The highest BCUT2D eigenvalue weighted by Crippen LogP contribution is 2.20. The molecule has 0 N–H and O–H groups in total. The molecule has 0 amide bonds. The van der Waals surface area contributed by atoms with E-state index in [0.29, 0.717) is 32.5 Å². The van der Waals surface area contributed by atoms with Gasteiger partial charge in [0.25, 0.3) is 0 Å². The molecule has 2 heterocycles. The molecule has 2 atom stereocenters. The van der Waals surface area contributed by atoms with E-state index in [2.05, 4.69) is 12.6 Å². The van der Waals surface area contributed by atoms with E-state index >= 15 is 0 Å². The van der Waals surface area contributed by atoms with Crippen LogP contribution in [0.3, 0.4) is 0 Å². The van der Waals surface area contributed by atoms with Gasteiger partial charge in [-0.1, -0.05) is 30.9 Å². The summed E-state index contributed by atoms with van der Waals surface area (Å²) in [5.74, 6) is 0. The Hall–Kier alpha value is -1.20. The molecule has 20 heavy (non-hydrogen) atoms. The zero-order valence-corrected chi connectivity index (χ0v) is 11.5. The van der Waals surface area contributed by atoms with Gasteiger partial charge in [0.2, 0.25) is 0 Å². The van der Waals surface area contributed by atoms with E-state index in [1.807, 2.05) is 18.2 Å². The van der Waals surface area contributed by atoms with Gasteiger partial charge in [0, 0.05) is 0 Å². The van der Waals surface area contributed by atoms with Crippen LogP contribution in [0.25, 0.3) is 6.08 Å². The first-order valence-electron chi connectivity index (χ1n) is 6.98. The molecule has 4 nitrogen and oxygen atoms in total. The number of benzene rings is 1. The van der Waals surface area contributed by atoms with Gasteiger partial charge in [-0.15, -0.1) is 0 Å². The van der Waals surface area contributed by atoms with Gasteiger partial charge >= 0.3 is 0 Å². The molecule has 108 valence electrons. The molecule has 4 heteroatoms. The SMILES string of the molecule is C=Cc1cccc(COCC2CO2)c1COCC1CO1. The van der Waals surface area contributed by atoms with E-state index in [1.54, 1.807) is 0 Å². The molecule has 2 fully saturated rings. The van der Waals surface area contributed by atoms with Crippen molar-refractivity contribution in [1.29, 1.82) is 0 Å². The molecule has 2 saturated heterocycles. The lowest BCUT2D eigenvalue weighted by molar-refractivity contribution is 0.0917. The maximum Gasteiger partial charge on any atom is 0.104 e. The first-order chi connectivity index (χ1) is 9.86. The minimum absolute atomic E-state index is 0.289. The van der Waals surface area contributed by atoms with E-state index in [9.17, 15) is 0 Å². The molecule has 0 aromatic heterocycles. The van der Waals surface area contributed by atoms with Crippen molar-refractivity contribution in [2.75, 3.05) is 26.4 Å². The average molecular weight is 276 g/mol. The zero-order valence-electron chi connectivity index (χ0n) is 11.5. The standard InChI is InChI=1S/C16H20O4/c1-2-12-4-3-5-13(6-17-7-14-9-19-14)16(12)11-18-8-15-10-20-15/h2-5,14-15H,1,6-11H2. The Kier molecular flexibility index (Phi) is 4.47. The van der Waals surface area contributed by atoms with Crippen LogP contribution in [0.4, 0.5) is 0 Å². The van der Waals surface area contributed by atoms with Crippen LogP contribution < -0.4 is 0 Å². The topological polar surface area (TPSA) is 43.5 Å². The van der Waals surface area contributed by atoms with E-state index in [4.69, 9.17) is 18.9 Å². The predicted octanol–water partition coefficient (Wildman–Crippen LogP) is 2.16. The molecule has 0 bridgehead atoms. The van der Waals surface area contributed by atoms with Gasteiger partial charge < -0.3 is 18.9 Å². The summed E-state index contributed by atoms with van der Waals surface area (Å²) in [6.45, 7) is 7.98. The zero-order chi connectivity index (χ0) is 13.8. The first kappa shape index (κ1) is 13.8. The normalized spacial score (nSPS) is 23.6. The van der Waals surface area contributed by atoms with Gasteiger partial charge in [-0.2, -0.15) is 0 Å². The summed E-state index contributed by atoms with van der Waals surface area (Å²) in [5, 5.41) is 0. The van der Waals surface area contributed by atoms with Gasteiger partial charge in [0.1, 0.15) is 12.2 Å². The molecule has 0 aliphatic carbocycles. The van der Waals surface area contributed by atoms with Gasteiger partial charge in [-0.25, -0.2) is 0 Å². The lowest BCUT2D eigenvalue weighted by atomic mass is 10.0. The van der Waals surface area contributed by atoms with Gasteiger partial charge in [0.15, 0.2) is 0 Å². The van der Waals surface area contributed by atoms with Crippen LogP contribution in [0.5, 0.6) is 0 Å². The van der Waals surface area contributed by atoms with Crippen molar-refractivity contribution in [2.24, 2.45) is 0 Å². The highest BCUT2D eigenvalue weighted by Gasteiger charge is 2.23. The van der Waals surface area contributed by atoms with Crippen LogP contribution >= 0.6 is 0 Å². The average Bonchev–Trinajstić information content (AvgIpc) is 3.34. The minimum atomic E-state index is 0.289. The van der Waals surface area contributed by atoms with Crippen molar-refractivity contribution in [3.8, 4) is 0 Å². The third-order valence-corrected chi connectivity index (χ3v) is 3.45. The number of ether oxygens (including phenoxy) is 4. The first-order valence-corrected chi connectivity index (χ1v) is 6.98. The third kappa shape index (κ3) is 3.90. The van der Waals surface area contributed by atoms with E-state index in [-0.39, 0.29) is 6.10 Å². The minimum Gasteiger partial charge on any atom is -0.374 e. The van der Waals surface area contributed by atoms with E-state index in [0.717, 1.165) is 29.9 Å². The molecule has 2 aliphatic heterocycles. The fourth-order valence-electron chi connectivity index (χ4n) is 2.08. The van der Waals surface area contributed by atoms with Crippen molar-refractivity contribution < 1.29 is 18.9 Å². The fraction of sp³-hybridized carbons (Fsp3) is 0.500. The quantitative estimate of drug-likeness (QED) is 0.648. The second kappa shape index (κ2) is 6.50. The van der Waals surface area contributed by atoms with Crippen LogP contribution in [-0.4, -0.2) is 38.6 Å². The summed E-state index contributed by atoms with van der Waals surface area (Å²) in [6, 6.07) is 6.15. The molecule has 0 radical (unpaired) electrons. The summed E-state index contributed by atoms with van der Waals surface area (Å²) in [4.78, 5) is 0. The Morgan fingerprint density at radius 3 is 2.35 bits per heavy atom. The smallest absolute Gasteiger partial charge is 0.104 e. The number of hydrogen-bond acceptors (Lipinski definition) is 4. The highest BCUT2D eigenvalue weighted by molar-refractivity contribution is 5.54. The summed E-state index contributed by atoms with van der Waals surface area (Å²) in [7, 11) is 0. The van der Waals surface area contributed by atoms with Crippen LogP contribution in [0, 0.1) is 0 Å². The molecule has 2 aliphatic rings. The van der Waals surface area contributed by atoms with Crippen molar-refractivity contribution in [3.05, 3.63) is 41.5 Å². The van der Waals surface area contributed by atoms with Crippen molar-refractivity contribution in [2.45, 2.75) is 25.4 Å². The molecule has 3 rings (SSSR count). The van der Waals surface area contributed by atoms with Crippen LogP contribution in [0.1, 0.15) is 16.7 Å². The summed E-state index contributed by atoms with van der Waals surface area (Å²) in [5.41, 5.74) is 3.41. The van der Waals surface area contributed by atoms with Crippen LogP contribution in [-0.2, 0) is 32.2 Å². The van der Waals surface area contributed by atoms with Gasteiger partial charge in [-0.05, 0) is 16.7 Å². The maximum absolute atomic E-state index is 5.71. The number of epoxide rings is 2. The molecular weight excluding hydrogens is 256 g/mol. The number of rotatable bonds is 9. The maximum atomic E-state index is 5.71. The van der Waals surface area contributed by atoms with Crippen molar-refractivity contribution >= 4 is 6.08 Å². The van der Waals surface area contributed by atoms with Gasteiger partial charge in [0.05, 0.1) is 39.6 Å². The molecule has 0 saturated carbocycles. The van der Waals surface area contributed by atoms with Crippen LogP contribution in [0.2, 0.25) is 0 Å². The Morgan fingerprint density at radius 2 is 1.75 bits per heavy atom. The van der Waals surface area contributed by atoms with E-state index < -0.39 is 0 Å². The third-order valence-electron chi connectivity index (χ3n) is 3.45. The monoisotopic (exact) mass is 276 g/mol. The largest absolute Gasteiger partial charge is 0.374 e. The summed E-state index contributed by atoms with van der Waals surface area (Å²) >= 11 is 0. The Labute approximate surface area is 119 Å². The Balaban J connectivity index is 1.60. The summed E-state index contributed by atoms with van der Waals surface area (Å²) < 4.78 is 21.7. The lowest BCUT2D eigenvalue weighted by Crippen LogP contribution is -2.07. The molecule has 2 unspecified atom stereocenters. The number of hydrogen-bond donors (Lipinski definition) is 0. The lowest BCUT2D eigenvalue weighted by Gasteiger charge is -2.13. The second-order valence-electron chi connectivity index (χ2n) is 5.13. The molecule has 0 spiro atoms. The second-order valence-corrected chi connectivity index (χ2v) is 5.13. The molecular formula is C16H20O4. The highest BCUT2D eigenvalue weighted by atomic mass is 16.6. The van der Waals surface area contributed by atoms with E-state index in [1.165, 1.54) is 0 Å². The summed E-state index contributed by atoms with van der Waals surface area (Å²) in [6.07, 6.45) is 2.45. The molecule has 1 aromatic carbocycles. The van der Waals surface area contributed by atoms with Crippen molar-refractivity contribution in [1.82, 2.24) is 0 Å². The Bertz CT molecular complexity index is 464. The van der Waals surface area contributed by atoms with Crippen molar-refractivity contribution in [3.63, 3.8) is 0 Å². The predicted molar refractivity (Wildman–Crippen MR) is 75.3 cm³/mol. The Morgan fingerprint density at radius 1 is 1.10 bits per heavy atom. The van der Waals surface area contributed by atoms with Gasteiger partial charge in [-0.3, -0.25) is 0 Å². The molecule has 1 aromatic rings. The van der Waals surface area contributed by atoms with Crippen LogP contribution in [0.15, 0.2) is 24.8 Å².